The number of carbonyl (C=O) groups excluding carboxylic acids is 1. The van der Waals surface area contributed by atoms with Gasteiger partial charge in [0, 0.05) is 50.0 Å². The van der Waals surface area contributed by atoms with Crippen LogP contribution >= 0.6 is 23.2 Å². The molecular formula is C14H29Cl2N3O4. The predicted octanol–water partition coefficient (Wildman–Crippen LogP) is -0.191. The fourth-order valence-corrected chi connectivity index (χ4v) is 0.734. The highest BCUT2D eigenvalue weighted by Gasteiger charge is 1.94. The Kier molecular flexibility index (Phi) is 6.07. The van der Waals surface area contributed by atoms with Crippen molar-refractivity contribution in [2.75, 3.05) is 84.4 Å². The van der Waals surface area contributed by atoms with E-state index in [-0.39, 0.29) is 26.3 Å². The van der Waals surface area contributed by atoms with Crippen LogP contribution in [0.1, 0.15) is 24.7 Å². The summed E-state index contributed by atoms with van der Waals surface area (Å²) in [5.41, 5.74) is 0. The van der Waals surface area contributed by atoms with E-state index in [0.29, 0.717) is 0 Å². The molecule has 0 atom stereocenters. The van der Waals surface area contributed by atoms with Crippen molar-refractivity contribution in [1.29, 1.82) is 0 Å². The maximum absolute atomic E-state index is 9.72. The van der Waals surface area contributed by atoms with Crippen molar-refractivity contribution < 1.29 is 43.7 Å². The van der Waals surface area contributed by atoms with Gasteiger partial charge < -0.3 is 30.2 Å². The monoisotopic (exact) mass is 391 g/mol. The zero-order valence-corrected chi connectivity index (χ0v) is 13.2. The number of carbonyl (C=O) groups is 1. The van der Waals surface area contributed by atoms with E-state index in [1.807, 2.05) is 0 Å². The van der Waals surface area contributed by atoms with E-state index in [9.17, 15) is 4.79 Å². The topological polar surface area (TPSA) is 80.9 Å². The van der Waals surface area contributed by atoms with Gasteiger partial charge in [0.2, 0.25) is 5.24 Å². The zero-order valence-electron chi connectivity index (χ0n) is 29.7. The summed E-state index contributed by atoms with van der Waals surface area (Å²) in [6, 6.07) is 0. The smallest absolute Gasteiger partial charge is 0.236 e. The van der Waals surface area contributed by atoms with Gasteiger partial charge in [-0.05, 0) is 11.6 Å². The van der Waals surface area contributed by atoms with E-state index in [0.717, 1.165) is 0 Å². The minimum absolute atomic E-state index is 0.0481. The van der Waals surface area contributed by atoms with E-state index in [2.05, 4.69) is 36.4 Å². The first kappa shape index (κ1) is 6.96. The highest BCUT2D eigenvalue weighted by molar-refractivity contribution is 6.67. The Morgan fingerprint density at radius 3 is 1.70 bits per heavy atom. The first-order chi connectivity index (χ1) is 17.7. The van der Waals surface area contributed by atoms with Gasteiger partial charge in [-0.2, -0.15) is 0 Å². The number of ether oxygens (including phenoxy) is 3. The Morgan fingerprint density at radius 1 is 0.913 bits per heavy atom. The molecule has 0 aromatic rings. The number of nitrogens with one attached hydrogen (secondary N) is 3. The minimum Gasteiger partial charge on any atom is -0.379 e. The summed E-state index contributed by atoms with van der Waals surface area (Å²) < 4.78 is 139. The lowest BCUT2D eigenvalue weighted by atomic mass is 10.5. The lowest BCUT2D eigenvalue weighted by Gasteiger charge is -2.10. The molecule has 7 nitrogen and oxygen atoms in total. The second-order valence-corrected chi connectivity index (χ2v) is 3.55. The second kappa shape index (κ2) is 20.1. The third-order valence-corrected chi connectivity index (χ3v) is 1.83. The quantitative estimate of drug-likeness (QED) is 0.422. The number of hydrogen-bond donors (Lipinski definition) is 3. The molecule has 138 valence electrons. The Balaban J connectivity index is 0.000000536. The van der Waals surface area contributed by atoms with Crippen LogP contribution in [-0.4, -0.2) is 89.6 Å². The van der Waals surface area contributed by atoms with Crippen molar-refractivity contribution in [2.45, 2.75) is 0 Å². The normalized spacial score (nSPS) is 50.2. The fraction of sp³-hybridized carbons (Fsp3) is 0.929. The molecule has 3 fully saturated rings. The van der Waals surface area contributed by atoms with Crippen molar-refractivity contribution in [1.82, 2.24) is 16.0 Å². The highest BCUT2D eigenvalue weighted by atomic mass is 35.5. The average molecular weight is 392 g/mol. The second-order valence-electron chi connectivity index (χ2n) is 3.02. The van der Waals surface area contributed by atoms with Crippen LogP contribution in [0, 0.1) is 0 Å². The van der Waals surface area contributed by atoms with Gasteiger partial charge in [0.25, 0.3) is 0 Å². The molecule has 3 heterocycles. The van der Waals surface area contributed by atoms with Crippen LogP contribution in [0.25, 0.3) is 0 Å². The Labute approximate surface area is 174 Å². The molecule has 3 rings (SSSR count). The summed E-state index contributed by atoms with van der Waals surface area (Å²) in [6.45, 7) is -18.7. The lowest BCUT2D eigenvalue weighted by molar-refractivity contribution is -0.109. The molecule has 0 unspecified atom stereocenters. The molecule has 0 aliphatic carbocycles. The summed E-state index contributed by atoms with van der Waals surface area (Å²) in [5.74, 6) is -2.40. The Morgan fingerprint density at radius 2 is 1.39 bits per heavy atom. The molecule has 0 radical (unpaired) electrons. The van der Waals surface area contributed by atoms with Crippen LogP contribution in [-0.2, 0) is 19.0 Å². The molecule has 3 aliphatic rings. The van der Waals surface area contributed by atoms with Gasteiger partial charge in [-0.15, -0.1) is 11.6 Å². The van der Waals surface area contributed by atoms with Gasteiger partial charge in [-0.1, -0.05) is 0 Å². The van der Waals surface area contributed by atoms with E-state index >= 15 is 0 Å². The summed E-state index contributed by atoms with van der Waals surface area (Å²) in [7, 11) is 0. The van der Waals surface area contributed by atoms with Crippen molar-refractivity contribution in [3.63, 3.8) is 0 Å². The molecule has 0 aromatic carbocycles. The molecule has 0 saturated carbocycles. The molecule has 0 aromatic heterocycles. The maximum Gasteiger partial charge on any atom is 0.236 e. The van der Waals surface area contributed by atoms with Crippen LogP contribution in [0.4, 0.5) is 0 Å². The van der Waals surface area contributed by atoms with E-state index in [1.54, 1.807) is 5.32 Å². The van der Waals surface area contributed by atoms with E-state index < -0.39 is 63.3 Å². The fourth-order valence-electron chi connectivity index (χ4n) is 0.734. The largest absolute Gasteiger partial charge is 0.379 e. The molecule has 3 saturated heterocycles. The third-order valence-electron chi connectivity index (χ3n) is 1.47. The lowest BCUT2D eigenvalue weighted by Crippen LogP contribution is -2.30. The Hall–Kier alpha value is 0.01000. The van der Waals surface area contributed by atoms with Gasteiger partial charge in [-0.3, -0.25) is 4.79 Å². The number of alkyl halides is 1. The molecular weight excluding hydrogens is 345 g/mol. The standard InChI is InChI=1S/3C4H9NO.C2H2Cl2O/c3*1-3-6-4-2-5-1;3-1-2(4)5/h3*5H,1-4H2;1H2/i1D2,2D2,3D2,4D2;3D2,4D2;1D2,2D2;1D2. The zero-order chi connectivity index (χ0) is 33.1. The van der Waals surface area contributed by atoms with Crippen molar-refractivity contribution in [3.05, 3.63) is 0 Å². The first-order valence-electron chi connectivity index (χ1n) is 14.8. The van der Waals surface area contributed by atoms with E-state index in [1.165, 1.54) is 0 Å². The summed E-state index contributed by atoms with van der Waals surface area (Å²) >= 11 is 9.33. The van der Waals surface area contributed by atoms with Crippen molar-refractivity contribution >= 4 is 28.4 Å². The van der Waals surface area contributed by atoms with E-state index in [4.69, 9.17) is 36.3 Å². The van der Waals surface area contributed by atoms with Crippen LogP contribution in [0.15, 0.2) is 0 Å². The van der Waals surface area contributed by atoms with Crippen LogP contribution in [0.5, 0.6) is 0 Å². The average Bonchev–Trinajstić information content (AvgIpc) is 2.62. The summed E-state index contributed by atoms with van der Waals surface area (Å²) in [5, 5.41) is 5.18. The molecule has 9 heteroatoms. The van der Waals surface area contributed by atoms with Gasteiger partial charge in [-0.25, -0.2) is 0 Å². The van der Waals surface area contributed by atoms with Gasteiger partial charge in [0.15, 0.2) is 0 Å². The first-order valence-corrected chi connectivity index (χ1v) is 6.60. The number of morpholine rings is 3. The van der Waals surface area contributed by atoms with Gasteiger partial charge in [0.05, 0.1) is 59.0 Å². The highest BCUT2D eigenvalue weighted by Crippen LogP contribution is 1.80. The molecule has 0 spiro atoms. The summed E-state index contributed by atoms with van der Waals surface area (Å²) in [4.78, 5) is 9.72. The van der Waals surface area contributed by atoms with Crippen molar-refractivity contribution in [3.8, 4) is 0 Å². The predicted molar refractivity (Wildman–Crippen MR) is 92.6 cm³/mol. The molecule has 0 amide bonds. The van der Waals surface area contributed by atoms with Crippen molar-refractivity contribution in [2.24, 2.45) is 0 Å². The summed E-state index contributed by atoms with van der Waals surface area (Å²) in [6.07, 6.45) is 0. The SMILES string of the molecule is [2H]C([2H])(Cl)C(=O)Cl.[2H]C1([2H])CNCC([2H])([2H])O1.[2H]C1([2H])COCC([2H])([2H])N1.[2H]C1([2H])NC([2H])([2H])C([2H])([2H])OC1([2H])[2H]. The number of halogens is 2. The number of rotatable bonds is 1. The van der Waals surface area contributed by atoms with Crippen LogP contribution in [0.3, 0.4) is 0 Å². The molecule has 0 bridgehead atoms. The van der Waals surface area contributed by atoms with Gasteiger partial charge >= 0.3 is 0 Å². The Bertz CT molecular complexity index is 779. The van der Waals surface area contributed by atoms with Crippen LogP contribution < -0.4 is 16.0 Å². The maximum atomic E-state index is 9.72. The van der Waals surface area contributed by atoms with Gasteiger partial charge in [0.1, 0.15) is 0 Å². The number of hydrogen-bond acceptors (Lipinski definition) is 7. The molecule has 23 heavy (non-hydrogen) atoms. The molecule has 3 aliphatic heterocycles. The third kappa shape index (κ3) is 22.0. The minimum atomic E-state index is -2.93. The van der Waals surface area contributed by atoms with Crippen LogP contribution in [0.2, 0.25) is 0 Å². The molecule has 3 N–H and O–H groups in total.